The Labute approximate surface area is 231 Å². The van der Waals surface area contributed by atoms with E-state index in [1.54, 1.807) is 11.9 Å². The van der Waals surface area contributed by atoms with Crippen molar-refractivity contribution in [2.24, 2.45) is 16.5 Å². The van der Waals surface area contributed by atoms with Crippen LogP contribution in [0.5, 0.6) is 0 Å². The maximum absolute atomic E-state index is 13.5. The van der Waals surface area contributed by atoms with Gasteiger partial charge in [-0.25, -0.2) is 4.98 Å². The molecule has 206 valence electrons. The molecule has 39 heavy (non-hydrogen) atoms. The van der Waals surface area contributed by atoms with Gasteiger partial charge in [0, 0.05) is 13.1 Å². The number of fused-ring (bicyclic) bond motifs is 1. The smallest absolute Gasteiger partial charge is 0.243 e. The monoisotopic (exact) mass is 549 g/mol. The lowest BCUT2D eigenvalue weighted by atomic mass is 10.0. The molecule has 4 rings (SSSR count). The Bertz CT molecular complexity index is 1290. The Morgan fingerprint density at radius 1 is 1.10 bits per heavy atom. The lowest BCUT2D eigenvalue weighted by Crippen LogP contribution is -2.54. The second-order valence-corrected chi connectivity index (χ2v) is 10.6. The van der Waals surface area contributed by atoms with Crippen LogP contribution >= 0.6 is 11.3 Å². The van der Waals surface area contributed by atoms with Crippen molar-refractivity contribution in [3.8, 4) is 0 Å². The van der Waals surface area contributed by atoms with Crippen molar-refractivity contribution in [2.75, 3.05) is 20.1 Å². The van der Waals surface area contributed by atoms with Crippen LogP contribution in [-0.4, -0.2) is 71.7 Å². The molecule has 0 bridgehead atoms. The Hall–Kier alpha value is -3.83. The van der Waals surface area contributed by atoms with E-state index < -0.39 is 18.1 Å². The fourth-order valence-electron chi connectivity index (χ4n) is 4.83. The molecule has 1 fully saturated rings. The van der Waals surface area contributed by atoms with Gasteiger partial charge in [-0.2, -0.15) is 0 Å². The minimum atomic E-state index is -0.811. The number of ketones is 1. The summed E-state index contributed by atoms with van der Waals surface area (Å²) in [4.78, 5) is 50.7. The highest BCUT2D eigenvalue weighted by atomic mass is 32.1. The van der Waals surface area contributed by atoms with Gasteiger partial charge < -0.3 is 27.0 Å². The number of amides is 2. The summed E-state index contributed by atoms with van der Waals surface area (Å²) in [6, 6.07) is 15.4. The third kappa shape index (κ3) is 7.18. The van der Waals surface area contributed by atoms with Crippen molar-refractivity contribution in [1.29, 1.82) is 0 Å². The van der Waals surface area contributed by atoms with Crippen LogP contribution in [0.2, 0.25) is 0 Å². The molecular weight excluding hydrogens is 514 g/mol. The molecule has 1 aliphatic heterocycles. The minimum absolute atomic E-state index is 0.0252. The Balaban J connectivity index is 1.48. The van der Waals surface area contributed by atoms with Crippen LogP contribution in [-0.2, 0) is 16.0 Å². The number of nitrogens with one attached hydrogen (secondary N) is 2. The first-order valence-corrected chi connectivity index (χ1v) is 14.0. The summed E-state index contributed by atoms with van der Waals surface area (Å²) in [5.74, 6) is -0.748. The number of likely N-dealkylation sites (N-methyl/N-ethyl adjacent to an activating group) is 1. The SMILES string of the molecule is CNC(Cc1ccccc1)C(=O)N1CCCC1C(=O)NC(CCCN=C(N)N)C(=O)c1nc2ccccc2s1. The third-order valence-corrected chi connectivity index (χ3v) is 7.90. The molecule has 2 aromatic carbocycles. The molecule has 6 N–H and O–H groups in total. The summed E-state index contributed by atoms with van der Waals surface area (Å²) >= 11 is 1.30. The molecule has 2 amide bonds. The van der Waals surface area contributed by atoms with E-state index in [-0.39, 0.29) is 23.6 Å². The Morgan fingerprint density at radius 3 is 2.56 bits per heavy atom. The zero-order valence-corrected chi connectivity index (χ0v) is 22.8. The molecular formula is C28H35N7O3S. The molecule has 1 aliphatic rings. The van der Waals surface area contributed by atoms with E-state index in [9.17, 15) is 14.4 Å². The average Bonchev–Trinajstić information content (AvgIpc) is 3.61. The number of guanidine groups is 1. The number of thiazole rings is 1. The van der Waals surface area contributed by atoms with Gasteiger partial charge in [0.15, 0.2) is 11.0 Å². The summed E-state index contributed by atoms with van der Waals surface area (Å²) in [6.07, 6.45) is 2.60. The number of nitrogens with zero attached hydrogens (tertiary/aromatic N) is 3. The van der Waals surface area contributed by atoms with Gasteiger partial charge in [0.05, 0.1) is 22.3 Å². The van der Waals surface area contributed by atoms with Gasteiger partial charge >= 0.3 is 0 Å². The van der Waals surface area contributed by atoms with Gasteiger partial charge in [-0.05, 0) is 56.8 Å². The van der Waals surface area contributed by atoms with Crippen LogP contribution in [0, 0.1) is 0 Å². The average molecular weight is 550 g/mol. The first-order valence-electron chi connectivity index (χ1n) is 13.1. The number of Topliss-reactive ketones (excluding diaryl/α,β-unsaturated/α-hetero) is 1. The molecule has 1 aromatic heterocycles. The van der Waals surface area contributed by atoms with Crippen molar-refractivity contribution >= 4 is 45.1 Å². The normalized spacial score (nSPS) is 16.5. The summed E-state index contributed by atoms with van der Waals surface area (Å²) in [5, 5.41) is 6.37. The highest BCUT2D eigenvalue weighted by molar-refractivity contribution is 7.20. The predicted octanol–water partition coefficient (Wildman–Crippen LogP) is 1.84. The molecule has 0 saturated carbocycles. The number of para-hydroxylation sites is 1. The van der Waals surface area contributed by atoms with E-state index in [4.69, 9.17) is 11.5 Å². The van der Waals surface area contributed by atoms with Crippen LogP contribution < -0.4 is 22.1 Å². The number of carbonyl (C=O) groups is 3. The molecule has 0 radical (unpaired) electrons. The number of hydrogen-bond acceptors (Lipinski definition) is 7. The summed E-state index contributed by atoms with van der Waals surface area (Å²) in [7, 11) is 1.75. The first-order chi connectivity index (χ1) is 18.9. The summed E-state index contributed by atoms with van der Waals surface area (Å²) in [6.45, 7) is 0.823. The Morgan fingerprint density at radius 2 is 1.85 bits per heavy atom. The van der Waals surface area contributed by atoms with Gasteiger partial charge in [0.25, 0.3) is 0 Å². The van der Waals surface area contributed by atoms with Crippen LogP contribution in [0.3, 0.4) is 0 Å². The highest BCUT2D eigenvalue weighted by Gasteiger charge is 2.38. The fourth-order valence-corrected chi connectivity index (χ4v) is 5.79. The standard InChI is InChI=1S/C28H35N7O3S/c1-31-21(17-18-9-3-2-4-10-18)27(38)35-16-8-13-22(35)25(37)33-20(12-7-15-32-28(29)30)24(36)26-34-19-11-5-6-14-23(19)39-26/h2-6,9-11,14,20-22,31H,7-8,12-13,15-17H2,1H3,(H,33,37)(H4,29,30,32). The van der Waals surface area contributed by atoms with Crippen molar-refractivity contribution in [3.63, 3.8) is 0 Å². The van der Waals surface area contributed by atoms with Crippen molar-refractivity contribution in [2.45, 2.75) is 50.2 Å². The van der Waals surface area contributed by atoms with Gasteiger partial charge in [-0.3, -0.25) is 19.4 Å². The van der Waals surface area contributed by atoms with E-state index in [1.165, 1.54) is 11.3 Å². The maximum atomic E-state index is 13.5. The molecule has 10 nitrogen and oxygen atoms in total. The predicted molar refractivity (Wildman–Crippen MR) is 154 cm³/mol. The number of rotatable bonds is 12. The van der Waals surface area contributed by atoms with Crippen LogP contribution in [0.15, 0.2) is 59.6 Å². The third-order valence-electron chi connectivity index (χ3n) is 6.85. The van der Waals surface area contributed by atoms with Gasteiger partial charge in [0.2, 0.25) is 17.6 Å². The zero-order valence-electron chi connectivity index (χ0n) is 22.0. The van der Waals surface area contributed by atoms with Crippen molar-refractivity contribution in [3.05, 3.63) is 65.2 Å². The molecule has 11 heteroatoms. The van der Waals surface area contributed by atoms with Gasteiger partial charge in [-0.15, -0.1) is 11.3 Å². The lowest BCUT2D eigenvalue weighted by Gasteiger charge is -2.29. The van der Waals surface area contributed by atoms with E-state index in [0.717, 1.165) is 15.8 Å². The quantitative estimate of drug-likeness (QED) is 0.116. The zero-order chi connectivity index (χ0) is 27.8. The van der Waals surface area contributed by atoms with Crippen LogP contribution in [0.25, 0.3) is 10.2 Å². The number of aromatic nitrogens is 1. The first kappa shape index (κ1) is 28.2. The number of hydrogen-bond donors (Lipinski definition) is 4. The summed E-state index contributed by atoms with van der Waals surface area (Å²) in [5.41, 5.74) is 12.6. The molecule has 3 unspecified atom stereocenters. The van der Waals surface area contributed by atoms with Crippen molar-refractivity contribution < 1.29 is 14.4 Å². The topological polar surface area (TPSA) is 156 Å². The number of carbonyl (C=O) groups excluding carboxylic acids is 3. The maximum Gasteiger partial charge on any atom is 0.243 e. The molecule has 2 heterocycles. The van der Waals surface area contributed by atoms with E-state index in [2.05, 4.69) is 20.6 Å². The molecule has 1 saturated heterocycles. The molecule has 0 spiro atoms. The number of aliphatic imine (C=N–C) groups is 1. The number of nitrogens with two attached hydrogens (primary N) is 2. The molecule has 0 aliphatic carbocycles. The molecule has 3 aromatic rings. The second kappa shape index (κ2) is 13.3. The summed E-state index contributed by atoms with van der Waals surface area (Å²) < 4.78 is 0.899. The van der Waals surface area contributed by atoms with E-state index >= 15 is 0 Å². The van der Waals surface area contributed by atoms with Gasteiger partial charge in [0.1, 0.15) is 6.04 Å². The van der Waals surface area contributed by atoms with Crippen LogP contribution in [0.1, 0.15) is 41.0 Å². The second-order valence-electron chi connectivity index (χ2n) is 9.58. The Kier molecular flexibility index (Phi) is 9.61. The van der Waals surface area contributed by atoms with Crippen molar-refractivity contribution in [1.82, 2.24) is 20.5 Å². The molecule has 3 atom stereocenters. The lowest BCUT2D eigenvalue weighted by molar-refractivity contribution is -0.140. The largest absolute Gasteiger partial charge is 0.370 e. The number of likely N-dealkylation sites (tertiary alicyclic amines) is 1. The van der Waals surface area contributed by atoms with E-state index in [1.807, 2.05) is 54.6 Å². The van der Waals surface area contributed by atoms with Crippen LogP contribution in [0.4, 0.5) is 0 Å². The highest BCUT2D eigenvalue weighted by Crippen LogP contribution is 2.24. The minimum Gasteiger partial charge on any atom is -0.370 e. The van der Waals surface area contributed by atoms with E-state index in [0.29, 0.717) is 50.2 Å². The number of benzene rings is 2. The fraction of sp³-hybridized carbons (Fsp3) is 0.393. The van der Waals surface area contributed by atoms with Gasteiger partial charge in [-0.1, -0.05) is 42.5 Å².